The van der Waals surface area contributed by atoms with Crippen molar-refractivity contribution in [1.29, 1.82) is 0 Å². The lowest BCUT2D eigenvalue weighted by Gasteiger charge is -2.20. The molecule has 0 rings (SSSR count). The van der Waals surface area contributed by atoms with Crippen LogP contribution in [-0.4, -0.2) is 29.5 Å². The van der Waals surface area contributed by atoms with Crippen LogP contribution in [0.5, 0.6) is 0 Å². The summed E-state index contributed by atoms with van der Waals surface area (Å²) in [5.74, 6) is 0.979. The largest absolute Gasteiger partial charge is 0.462 e. The summed E-state index contributed by atoms with van der Waals surface area (Å²) in [6.07, 6.45) is 1.08. The lowest BCUT2D eigenvalue weighted by molar-refractivity contribution is -0.147. The number of thioether (sulfide) groups is 1. The number of carbonyl (C=O) groups is 1. The highest BCUT2D eigenvalue weighted by molar-refractivity contribution is 8.00. The summed E-state index contributed by atoms with van der Waals surface area (Å²) in [7, 11) is 0. The smallest absolute Gasteiger partial charge is 0.319 e. The van der Waals surface area contributed by atoms with E-state index in [2.05, 4.69) is 0 Å². The maximum absolute atomic E-state index is 11.9. The van der Waals surface area contributed by atoms with Gasteiger partial charge in [-0.2, -0.15) is 0 Å². The molecule has 0 heterocycles. The first-order valence-electron chi connectivity index (χ1n) is 7.44. The summed E-state index contributed by atoms with van der Waals surface area (Å²) in [4.78, 5) is 11.9. The lowest BCUT2D eigenvalue weighted by Crippen LogP contribution is -2.28. The number of ether oxygens (including phenoxy) is 1. The van der Waals surface area contributed by atoms with Gasteiger partial charge in [0, 0.05) is 6.42 Å². The maximum atomic E-state index is 11.9. The molecule has 0 spiro atoms. The van der Waals surface area contributed by atoms with Gasteiger partial charge in [-0.3, -0.25) is 4.79 Å². The highest BCUT2D eigenvalue weighted by Crippen LogP contribution is 2.23. The standard InChI is InChI=1S/C15H28F2O2S/c1-11(2)14(15(18)19-12(3)4)20-10-8-6-5-7-9-13(16)17/h11-14H,5-10H2,1-4H3. The Bertz CT molecular complexity index is 258. The van der Waals surface area contributed by atoms with Crippen molar-refractivity contribution in [2.24, 2.45) is 5.92 Å². The number of alkyl halides is 2. The first kappa shape index (κ1) is 19.7. The number of rotatable bonds is 11. The number of esters is 1. The van der Waals surface area contributed by atoms with Crippen molar-refractivity contribution >= 4 is 17.7 Å². The summed E-state index contributed by atoms with van der Waals surface area (Å²) >= 11 is 1.62. The van der Waals surface area contributed by atoms with Crippen molar-refractivity contribution in [3.05, 3.63) is 0 Å². The molecule has 2 nitrogen and oxygen atoms in total. The molecule has 0 aliphatic heterocycles. The zero-order valence-electron chi connectivity index (χ0n) is 13.0. The number of hydrogen-bond acceptors (Lipinski definition) is 3. The van der Waals surface area contributed by atoms with Gasteiger partial charge in [-0.25, -0.2) is 8.78 Å². The van der Waals surface area contributed by atoms with Crippen molar-refractivity contribution in [1.82, 2.24) is 0 Å². The highest BCUT2D eigenvalue weighted by atomic mass is 32.2. The third-order valence-electron chi connectivity index (χ3n) is 2.80. The molecule has 120 valence electrons. The first-order chi connectivity index (χ1) is 9.34. The molecule has 0 saturated heterocycles. The molecule has 0 aromatic heterocycles. The minimum Gasteiger partial charge on any atom is -0.462 e. The van der Waals surface area contributed by atoms with Crippen molar-refractivity contribution in [2.45, 2.75) is 77.6 Å². The van der Waals surface area contributed by atoms with Crippen molar-refractivity contribution in [2.75, 3.05) is 5.75 Å². The molecule has 1 unspecified atom stereocenters. The van der Waals surface area contributed by atoms with E-state index < -0.39 is 6.43 Å². The fourth-order valence-electron chi connectivity index (χ4n) is 1.80. The van der Waals surface area contributed by atoms with E-state index in [4.69, 9.17) is 4.74 Å². The number of carbonyl (C=O) groups excluding carboxylic acids is 1. The quantitative estimate of drug-likeness (QED) is 0.400. The highest BCUT2D eigenvalue weighted by Gasteiger charge is 2.24. The Balaban J connectivity index is 3.79. The summed E-state index contributed by atoms with van der Waals surface area (Å²) < 4.78 is 29.1. The number of hydrogen-bond donors (Lipinski definition) is 0. The van der Waals surface area contributed by atoms with Gasteiger partial charge in [-0.1, -0.05) is 26.7 Å². The molecule has 5 heteroatoms. The maximum Gasteiger partial charge on any atom is 0.319 e. The molecule has 0 aliphatic carbocycles. The van der Waals surface area contributed by atoms with E-state index in [1.807, 2.05) is 27.7 Å². The number of unbranched alkanes of at least 4 members (excludes halogenated alkanes) is 3. The van der Waals surface area contributed by atoms with Crippen LogP contribution in [0.15, 0.2) is 0 Å². The van der Waals surface area contributed by atoms with Crippen LogP contribution in [0.1, 0.15) is 59.8 Å². The molecule has 0 bridgehead atoms. The molecule has 1 atom stereocenters. The van der Waals surface area contributed by atoms with E-state index in [-0.39, 0.29) is 29.7 Å². The van der Waals surface area contributed by atoms with Crippen LogP contribution in [0.25, 0.3) is 0 Å². The van der Waals surface area contributed by atoms with E-state index in [0.29, 0.717) is 6.42 Å². The molecular formula is C15H28F2O2S. The third kappa shape index (κ3) is 10.5. The molecular weight excluding hydrogens is 282 g/mol. The van der Waals surface area contributed by atoms with Gasteiger partial charge in [0.05, 0.1) is 6.10 Å². The van der Waals surface area contributed by atoms with Crippen molar-refractivity contribution < 1.29 is 18.3 Å². The summed E-state index contributed by atoms with van der Waals surface area (Å²) in [5, 5.41) is -0.126. The van der Waals surface area contributed by atoms with Gasteiger partial charge in [0.1, 0.15) is 5.25 Å². The van der Waals surface area contributed by atoms with Gasteiger partial charge in [0.15, 0.2) is 0 Å². The molecule has 0 radical (unpaired) electrons. The molecule has 0 amide bonds. The van der Waals surface area contributed by atoms with Crippen molar-refractivity contribution in [3.63, 3.8) is 0 Å². The van der Waals surface area contributed by atoms with Gasteiger partial charge in [-0.15, -0.1) is 11.8 Å². The lowest BCUT2D eigenvalue weighted by atomic mass is 10.1. The Morgan fingerprint density at radius 1 is 1.05 bits per heavy atom. The Labute approximate surface area is 126 Å². The van der Waals surface area contributed by atoms with Crippen LogP contribution in [0.4, 0.5) is 8.78 Å². The molecule has 0 aromatic rings. The minimum absolute atomic E-state index is 0.00246. The Hall–Kier alpha value is -0.320. The average molecular weight is 310 g/mol. The van der Waals surface area contributed by atoms with E-state index in [1.165, 1.54) is 0 Å². The SMILES string of the molecule is CC(C)OC(=O)C(SCCCCCCC(F)F)C(C)C. The fourth-order valence-corrected chi connectivity index (χ4v) is 3.00. The van der Waals surface area contributed by atoms with E-state index in [0.717, 1.165) is 25.0 Å². The Morgan fingerprint density at radius 3 is 2.15 bits per heavy atom. The first-order valence-corrected chi connectivity index (χ1v) is 8.49. The average Bonchev–Trinajstić information content (AvgIpc) is 2.30. The topological polar surface area (TPSA) is 26.3 Å². The summed E-state index contributed by atoms with van der Waals surface area (Å²) in [5.41, 5.74) is 0. The van der Waals surface area contributed by atoms with E-state index in [9.17, 15) is 13.6 Å². The Morgan fingerprint density at radius 2 is 1.65 bits per heavy atom. The predicted molar refractivity (Wildman–Crippen MR) is 81.4 cm³/mol. The molecule has 0 fully saturated rings. The van der Waals surface area contributed by atoms with Crippen LogP contribution in [0, 0.1) is 5.92 Å². The zero-order valence-corrected chi connectivity index (χ0v) is 13.8. The second-order valence-corrected chi connectivity index (χ2v) is 6.86. The summed E-state index contributed by atoms with van der Waals surface area (Å²) in [6.45, 7) is 7.73. The van der Waals surface area contributed by atoms with Crippen LogP contribution < -0.4 is 0 Å². The normalized spacial score (nSPS) is 13.2. The molecule has 0 N–H and O–H groups in total. The van der Waals surface area contributed by atoms with Gasteiger partial charge in [-0.05, 0) is 38.4 Å². The molecule has 20 heavy (non-hydrogen) atoms. The van der Waals surface area contributed by atoms with Gasteiger partial charge >= 0.3 is 5.97 Å². The van der Waals surface area contributed by atoms with Crippen molar-refractivity contribution in [3.8, 4) is 0 Å². The predicted octanol–water partition coefficient (Wildman–Crippen LogP) is 4.91. The Kier molecular flexibility index (Phi) is 11.2. The van der Waals surface area contributed by atoms with Crippen LogP contribution in [0.3, 0.4) is 0 Å². The second-order valence-electron chi connectivity index (χ2n) is 5.62. The number of halogens is 2. The summed E-state index contributed by atoms with van der Waals surface area (Å²) in [6, 6.07) is 0. The van der Waals surface area contributed by atoms with Gasteiger partial charge in [0.25, 0.3) is 0 Å². The third-order valence-corrected chi connectivity index (χ3v) is 4.42. The second kappa shape index (κ2) is 11.4. The molecule has 0 saturated carbocycles. The van der Waals surface area contributed by atoms with Crippen LogP contribution in [0.2, 0.25) is 0 Å². The van der Waals surface area contributed by atoms with E-state index in [1.54, 1.807) is 11.8 Å². The minimum atomic E-state index is -2.18. The zero-order chi connectivity index (χ0) is 15.5. The van der Waals surface area contributed by atoms with Crippen LogP contribution >= 0.6 is 11.8 Å². The monoisotopic (exact) mass is 310 g/mol. The van der Waals surface area contributed by atoms with Gasteiger partial charge in [0.2, 0.25) is 6.43 Å². The van der Waals surface area contributed by atoms with Gasteiger partial charge < -0.3 is 4.74 Å². The molecule has 0 aliphatic rings. The fraction of sp³-hybridized carbons (Fsp3) is 0.933. The van der Waals surface area contributed by atoms with Crippen LogP contribution in [-0.2, 0) is 9.53 Å². The molecule has 0 aromatic carbocycles. The van der Waals surface area contributed by atoms with E-state index >= 15 is 0 Å².